The van der Waals surface area contributed by atoms with Crippen molar-refractivity contribution in [2.75, 3.05) is 6.61 Å². The summed E-state index contributed by atoms with van der Waals surface area (Å²) >= 11 is 15.7. The van der Waals surface area contributed by atoms with Gasteiger partial charge in [-0.15, -0.1) is 0 Å². The summed E-state index contributed by atoms with van der Waals surface area (Å²) < 4.78 is 13.2. The fourth-order valence-electron chi connectivity index (χ4n) is 3.43. The number of imidazole rings is 1. The lowest BCUT2D eigenvalue weighted by molar-refractivity contribution is -0.148. The summed E-state index contributed by atoms with van der Waals surface area (Å²) in [6.45, 7) is 3.05. The second-order valence-electron chi connectivity index (χ2n) is 6.36. The first-order valence-electron chi connectivity index (χ1n) is 8.09. The third-order valence-corrected chi connectivity index (χ3v) is 5.71. The van der Waals surface area contributed by atoms with E-state index in [4.69, 9.17) is 32.7 Å². The van der Waals surface area contributed by atoms with E-state index in [0.29, 0.717) is 39.7 Å². The lowest BCUT2D eigenvalue weighted by atomic mass is 10.1. The lowest BCUT2D eigenvalue weighted by Gasteiger charge is -2.22. The summed E-state index contributed by atoms with van der Waals surface area (Å²) in [6, 6.07) is 3.30. The van der Waals surface area contributed by atoms with Crippen molar-refractivity contribution in [1.82, 2.24) is 9.55 Å². The van der Waals surface area contributed by atoms with E-state index in [1.807, 2.05) is 4.57 Å². The number of halogens is 3. The minimum absolute atomic E-state index is 0.0837. The average molecular weight is 464 g/mol. The Morgan fingerprint density at radius 1 is 1.23 bits per heavy atom. The number of carbonyl (C=O) groups excluding carboxylic acids is 2. The Bertz CT molecular complexity index is 870. The molecule has 0 bridgehead atoms. The Kier molecular flexibility index (Phi) is 5.79. The summed E-state index contributed by atoms with van der Waals surface area (Å²) in [6.07, 6.45) is 0.928. The van der Waals surface area contributed by atoms with Crippen LogP contribution in [0.1, 0.15) is 32.7 Å². The molecule has 1 unspecified atom stereocenters. The molecule has 9 heteroatoms. The number of hydrogen-bond donors (Lipinski definition) is 0. The second kappa shape index (κ2) is 7.74. The van der Waals surface area contributed by atoms with Gasteiger partial charge < -0.3 is 14.0 Å². The molecule has 6 nitrogen and oxygen atoms in total. The van der Waals surface area contributed by atoms with E-state index in [0.717, 1.165) is 5.52 Å². The van der Waals surface area contributed by atoms with Crippen molar-refractivity contribution in [2.24, 2.45) is 5.92 Å². The first kappa shape index (κ1) is 19.5. The minimum atomic E-state index is -0.352. The SMILES string of the molecule is CC(=O)OC[C@@H]1CC(OC(C)=O)[C@H](n2c(Br)nc3cc(Cl)c(Cl)cc32)C1. The van der Waals surface area contributed by atoms with E-state index < -0.39 is 0 Å². The monoisotopic (exact) mass is 462 g/mol. The van der Waals surface area contributed by atoms with Gasteiger partial charge in [0.2, 0.25) is 0 Å². The van der Waals surface area contributed by atoms with Crippen LogP contribution in [0.25, 0.3) is 11.0 Å². The maximum Gasteiger partial charge on any atom is 0.302 e. The normalized spacial score (nSPS) is 22.6. The molecule has 3 atom stereocenters. The highest BCUT2D eigenvalue weighted by Crippen LogP contribution is 2.42. The first-order chi connectivity index (χ1) is 12.3. The average Bonchev–Trinajstić information content (AvgIpc) is 3.05. The van der Waals surface area contributed by atoms with Crippen molar-refractivity contribution in [3.63, 3.8) is 0 Å². The fourth-order valence-corrected chi connectivity index (χ4v) is 4.40. The number of aromatic nitrogens is 2. The lowest BCUT2D eigenvalue weighted by Crippen LogP contribution is -2.24. The molecule has 3 rings (SSSR count). The molecular weight excluding hydrogens is 447 g/mol. The minimum Gasteiger partial charge on any atom is -0.466 e. The van der Waals surface area contributed by atoms with Crippen molar-refractivity contribution in [1.29, 1.82) is 0 Å². The zero-order valence-electron chi connectivity index (χ0n) is 14.2. The maximum absolute atomic E-state index is 11.6. The highest BCUT2D eigenvalue weighted by atomic mass is 79.9. The Balaban J connectivity index is 1.97. The van der Waals surface area contributed by atoms with Gasteiger partial charge in [-0.2, -0.15) is 0 Å². The number of benzene rings is 1. The molecule has 1 aromatic carbocycles. The zero-order chi connectivity index (χ0) is 19.0. The van der Waals surface area contributed by atoms with Crippen molar-refractivity contribution in [3.05, 3.63) is 26.9 Å². The van der Waals surface area contributed by atoms with E-state index in [-0.39, 0.29) is 30.0 Å². The Morgan fingerprint density at radius 3 is 2.58 bits per heavy atom. The molecule has 2 aromatic rings. The Hall–Kier alpha value is -1.31. The summed E-state index contributed by atoms with van der Waals surface area (Å²) in [5.74, 6) is -0.594. The number of hydrogen-bond acceptors (Lipinski definition) is 5. The molecule has 140 valence electrons. The maximum atomic E-state index is 11.6. The van der Waals surface area contributed by atoms with Gasteiger partial charge in [-0.1, -0.05) is 23.2 Å². The molecule has 0 spiro atoms. The molecular formula is C17H17BrCl2N2O4. The molecule has 0 aliphatic heterocycles. The summed E-state index contributed by atoms with van der Waals surface area (Å²) in [4.78, 5) is 27.1. The number of fused-ring (bicyclic) bond motifs is 1. The Morgan fingerprint density at radius 2 is 1.92 bits per heavy atom. The van der Waals surface area contributed by atoms with E-state index in [1.165, 1.54) is 13.8 Å². The molecule has 0 radical (unpaired) electrons. The van der Waals surface area contributed by atoms with Crippen LogP contribution in [0.2, 0.25) is 10.0 Å². The van der Waals surface area contributed by atoms with Crippen LogP contribution in [0.5, 0.6) is 0 Å². The predicted octanol–water partition coefficient (Wildman–Crippen LogP) is 4.55. The van der Waals surface area contributed by atoms with Gasteiger partial charge in [-0.25, -0.2) is 4.98 Å². The quantitative estimate of drug-likeness (QED) is 0.622. The van der Waals surface area contributed by atoms with Gasteiger partial charge in [0.25, 0.3) is 0 Å². The van der Waals surface area contributed by atoms with Crippen LogP contribution >= 0.6 is 39.1 Å². The van der Waals surface area contributed by atoms with Gasteiger partial charge in [0, 0.05) is 13.8 Å². The van der Waals surface area contributed by atoms with E-state index in [9.17, 15) is 9.59 Å². The number of ether oxygens (including phenoxy) is 2. The van der Waals surface area contributed by atoms with Crippen molar-refractivity contribution in [3.8, 4) is 0 Å². The standard InChI is InChI=1S/C17H17BrCl2N2O4/c1-8(23)25-7-10-3-15(16(4-10)26-9(2)24)22-14-6-12(20)11(19)5-13(14)21-17(22)18/h5-6,10,15-16H,3-4,7H2,1-2H3/t10-,15+,16?/m0/s1. The zero-order valence-corrected chi connectivity index (χ0v) is 17.3. The summed E-state index contributed by atoms with van der Waals surface area (Å²) in [5, 5.41) is 0.846. The molecule has 1 heterocycles. The van der Waals surface area contributed by atoms with Crippen LogP contribution < -0.4 is 0 Å². The highest BCUT2D eigenvalue weighted by molar-refractivity contribution is 9.10. The van der Waals surface area contributed by atoms with Crippen LogP contribution in [0, 0.1) is 5.92 Å². The fraction of sp³-hybridized carbons (Fsp3) is 0.471. The van der Waals surface area contributed by atoms with Gasteiger partial charge in [-0.05, 0) is 46.8 Å². The molecule has 0 amide bonds. The van der Waals surface area contributed by atoms with Gasteiger partial charge in [-0.3, -0.25) is 9.59 Å². The first-order valence-corrected chi connectivity index (χ1v) is 9.64. The number of esters is 2. The number of nitrogens with zero attached hydrogens (tertiary/aromatic N) is 2. The smallest absolute Gasteiger partial charge is 0.302 e. The van der Waals surface area contributed by atoms with Crippen molar-refractivity contribution < 1.29 is 19.1 Å². The largest absolute Gasteiger partial charge is 0.466 e. The van der Waals surface area contributed by atoms with E-state index >= 15 is 0 Å². The molecule has 1 aliphatic carbocycles. The summed E-state index contributed by atoms with van der Waals surface area (Å²) in [5.41, 5.74) is 1.48. The molecule has 1 fully saturated rings. The second-order valence-corrected chi connectivity index (χ2v) is 7.88. The highest BCUT2D eigenvalue weighted by Gasteiger charge is 2.39. The third-order valence-electron chi connectivity index (χ3n) is 4.43. The van der Waals surface area contributed by atoms with Gasteiger partial charge in [0.05, 0.1) is 33.7 Å². The van der Waals surface area contributed by atoms with Gasteiger partial charge in [0.15, 0.2) is 4.73 Å². The molecule has 0 saturated heterocycles. The topological polar surface area (TPSA) is 70.4 Å². The third kappa shape index (κ3) is 4.00. The number of carbonyl (C=O) groups is 2. The van der Waals surface area contributed by atoms with Crippen LogP contribution in [-0.2, 0) is 19.1 Å². The summed E-state index contributed by atoms with van der Waals surface area (Å²) in [7, 11) is 0. The molecule has 1 aliphatic rings. The van der Waals surface area contributed by atoms with Crippen LogP contribution in [0.3, 0.4) is 0 Å². The van der Waals surface area contributed by atoms with Crippen LogP contribution in [-0.4, -0.2) is 34.2 Å². The van der Waals surface area contributed by atoms with Crippen LogP contribution in [0.4, 0.5) is 0 Å². The van der Waals surface area contributed by atoms with Crippen molar-refractivity contribution in [2.45, 2.75) is 38.8 Å². The van der Waals surface area contributed by atoms with Gasteiger partial charge >= 0.3 is 11.9 Å². The van der Waals surface area contributed by atoms with Crippen LogP contribution in [0.15, 0.2) is 16.9 Å². The van der Waals surface area contributed by atoms with E-state index in [2.05, 4.69) is 20.9 Å². The molecule has 26 heavy (non-hydrogen) atoms. The van der Waals surface area contributed by atoms with Crippen molar-refractivity contribution >= 4 is 62.1 Å². The van der Waals surface area contributed by atoms with E-state index in [1.54, 1.807) is 12.1 Å². The van der Waals surface area contributed by atoms with Gasteiger partial charge in [0.1, 0.15) is 6.10 Å². The number of rotatable bonds is 4. The molecule has 1 aromatic heterocycles. The Labute approximate surface area is 168 Å². The molecule has 0 N–H and O–H groups in total. The predicted molar refractivity (Wildman–Crippen MR) is 101 cm³/mol. The molecule has 1 saturated carbocycles.